The van der Waals surface area contributed by atoms with E-state index in [0.29, 0.717) is 19.0 Å². The molecule has 2 aromatic heterocycles. The van der Waals surface area contributed by atoms with Crippen LogP contribution in [0.3, 0.4) is 0 Å². The molecule has 3 aromatic carbocycles. The van der Waals surface area contributed by atoms with Crippen LogP contribution < -0.4 is 5.32 Å². The predicted molar refractivity (Wildman–Crippen MR) is 222 cm³/mol. The number of benzene rings is 3. The molecule has 3 N–H and O–H groups in total. The number of rotatable bonds is 11. The first-order valence-corrected chi connectivity index (χ1v) is 20.4. The Hall–Kier alpha value is -5.72. The van der Waals surface area contributed by atoms with E-state index in [1.807, 2.05) is 49.6 Å². The molecule has 3 amide bonds. The number of imidazole rings is 2. The summed E-state index contributed by atoms with van der Waals surface area (Å²) < 4.78 is 9.70. The summed E-state index contributed by atoms with van der Waals surface area (Å²) in [6, 6.07) is 19.6. The second-order valence-corrected chi connectivity index (χ2v) is 17.0. The molecule has 4 heterocycles. The number of amides is 3. The molecule has 0 aliphatic carbocycles. The Labute approximate surface area is 339 Å². The number of ether oxygens (including phenoxy) is 2. The van der Waals surface area contributed by atoms with Gasteiger partial charge < -0.3 is 34.6 Å². The van der Waals surface area contributed by atoms with Crippen LogP contribution in [0.4, 0.5) is 4.79 Å². The Kier molecular flexibility index (Phi) is 11.6. The molecule has 306 valence electrons. The number of hydrogen-bond donors (Lipinski definition) is 3. The van der Waals surface area contributed by atoms with E-state index in [2.05, 4.69) is 77.7 Å². The number of nitrogens with zero attached hydrogens (tertiary/aromatic N) is 4. The monoisotopic (exact) mass is 789 g/mol. The Bertz CT molecular complexity index is 2150. The van der Waals surface area contributed by atoms with Crippen LogP contribution in [0.1, 0.15) is 84.5 Å². The third kappa shape index (κ3) is 8.17. The second kappa shape index (κ2) is 16.6. The van der Waals surface area contributed by atoms with Crippen LogP contribution in [0.25, 0.3) is 44.3 Å². The fourth-order valence-electron chi connectivity index (χ4n) is 8.65. The van der Waals surface area contributed by atoms with Gasteiger partial charge in [-0.25, -0.2) is 14.8 Å². The molecule has 2 aliphatic heterocycles. The lowest BCUT2D eigenvalue weighted by atomic mass is 9.91. The molecular formula is C45H55N7O6. The number of hydrogen-bond acceptors (Lipinski definition) is 8. The quantitative estimate of drug-likeness (QED) is 0.114. The minimum Gasteiger partial charge on any atom is -0.469 e. The molecule has 0 spiro atoms. The number of fused-ring (bicyclic) bond motifs is 2. The molecule has 7 rings (SSSR count). The highest BCUT2D eigenvalue weighted by molar-refractivity contribution is 5.88. The number of esters is 1. The highest BCUT2D eigenvalue weighted by atomic mass is 16.5. The average molecular weight is 790 g/mol. The summed E-state index contributed by atoms with van der Waals surface area (Å²) in [5, 5.41) is 2.72. The third-order valence-corrected chi connectivity index (χ3v) is 11.9. The first kappa shape index (κ1) is 40.5. The molecule has 13 nitrogen and oxygen atoms in total. The molecule has 2 aliphatic rings. The van der Waals surface area contributed by atoms with Gasteiger partial charge in [-0.2, -0.15) is 0 Å². The van der Waals surface area contributed by atoms with Gasteiger partial charge in [0, 0.05) is 13.1 Å². The van der Waals surface area contributed by atoms with Crippen molar-refractivity contribution in [2.45, 2.75) is 78.9 Å². The molecule has 13 heteroatoms. The number of likely N-dealkylation sites (tertiary alicyclic amines) is 2. The molecule has 58 heavy (non-hydrogen) atoms. The summed E-state index contributed by atoms with van der Waals surface area (Å²) in [6.45, 7) is 13.2. The zero-order chi connectivity index (χ0) is 41.4. The van der Waals surface area contributed by atoms with Crippen LogP contribution >= 0.6 is 0 Å². The van der Waals surface area contributed by atoms with Gasteiger partial charge in [0.1, 0.15) is 17.7 Å². The molecule has 5 aromatic rings. The van der Waals surface area contributed by atoms with Crippen LogP contribution in [0.2, 0.25) is 0 Å². The maximum absolute atomic E-state index is 13.8. The first-order valence-electron chi connectivity index (χ1n) is 20.4. The van der Waals surface area contributed by atoms with E-state index in [4.69, 9.17) is 19.4 Å². The molecule has 0 radical (unpaired) electrons. The number of aromatic amines is 2. The van der Waals surface area contributed by atoms with Crippen molar-refractivity contribution >= 4 is 45.9 Å². The van der Waals surface area contributed by atoms with Crippen molar-refractivity contribution in [1.29, 1.82) is 0 Å². The number of H-pyrrole nitrogens is 2. The molecule has 2 fully saturated rings. The summed E-state index contributed by atoms with van der Waals surface area (Å²) in [5.74, 6) is 0.946. The molecule has 0 saturated carbocycles. The number of aromatic nitrogens is 4. The minimum absolute atomic E-state index is 0.00695. The van der Waals surface area contributed by atoms with E-state index in [-0.39, 0.29) is 54.0 Å². The van der Waals surface area contributed by atoms with Gasteiger partial charge >= 0.3 is 12.1 Å². The van der Waals surface area contributed by atoms with Crippen molar-refractivity contribution in [2.75, 3.05) is 27.3 Å². The lowest BCUT2D eigenvalue weighted by molar-refractivity contribution is -0.148. The van der Waals surface area contributed by atoms with Gasteiger partial charge in [-0.3, -0.25) is 14.4 Å². The van der Waals surface area contributed by atoms with Crippen molar-refractivity contribution in [3.63, 3.8) is 0 Å². The number of carbonyl (C=O) groups is 4. The maximum Gasteiger partial charge on any atom is 0.407 e. The van der Waals surface area contributed by atoms with Gasteiger partial charge in [0.25, 0.3) is 0 Å². The summed E-state index contributed by atoms with van der Waals surface area (Å²) >= 11 is 0. The van der Waals surface area contributed by atoms with Gasteiger partial charge in [0.05, 0.1) is 60.7 Å². The topological polar surface area (TPSA) is 163 Å². The predicted octanol–water partition coefficient (Wildman–Crippen LogP) is 7.81. The Balaban J connectivity index is 1.08. The largest absolute Gasteiger partial charge is 0.469 e. The fraction of sp³-hybridized carbons (Fsp3) is 0.467. The van der Waals surface area contributed by atoms with Gasteiger partial charge in [-0.15, -0.1) is 0 Å². The van der Waals surface area contributed by atoms with Gasteiger partial charge in [-0.05, 0) is 83.0 Å². The third-order valence-electron chi connectivity index (χ3n) is 11.9. The van der Waals surface area contributed by atoms with E-state index >= 15 is 0 Å². The van der Waals surface area contributed by atoms with Gasteiger partial charge in [-0.1, -0.05) is 77.9 Å². The van der Waals surface area contributed by atoms with Crippen LogP contribution in [-0.4, -0.2) is 87.0 Å². The van der Waals surface area contributed by atoms with Crippen LogP contribution in [0.5, 0.6) is 0 Å². The highest BCUT2D eigenvalue weighted by Gasteiger charge is 2.41. The van der Waals surface area contributed by atoms with Crippen LogP contribution in [0, 0.1) is 29.6 Å². The van der Waals surface area contributed by atoms with E-state index in [1.54, 1.807) is 0 Å². The average Bonchev–Trinajstić information content (AvgIpc) is 4.01. The molecule has 0 bridgehead atoms. The summed E-state index contributed by atoms with van der Waals surface area (Å²) in [4.78, 5) is 72.5. The first-order chi connectivity index (χ1) is 27.7. The van der Waals surface area contributed by atoms with Crippen molar-refractivity contribution in [2.24, 2.45) is 29.6 Å². The Morgan fingerprint density at radius 3 is 1.59 bits per heavy atom. The molecular weight excluding hydrogens is 735 g/mol. The molecule has 2 saturated heterocycles. The maximum atomic E-state index is 13.8. The summed E-state index contributed by atoms with van der Waals surface area (Å²) in [7, 11) is 2.65. The SMILES string of the molecule is COC(=O)C[C@H](C(=O)N1C[C@H](C)C[C@H]1c1nc2ccc(-c3ccc(-c4ccc5nc([C@@H]6C[C@@H](C)CN6C(=O)[C@@H](NC(=O)OC)C(C)C)[nH]c5c4)cc3)cc2[nH]1)C(C)C. The number of nitrogens with one attached hydrogen (secondary N) is 3. The minimum atomic E-state index is -0.703. The van der Waals surface area contributed by atoms with E-state index in [1.165, 1.54) is 14.2 Å². The van der Waals surface area contributed by atoms with Crippen LogP contribution in [0.15, 0.2) is 60.7 Å². The summed E-state index contributed by atoms with van der Waals surface area (Å²) in [5.41, 5.74) is 7.63. The highest BCUT2D eigenvalue weighted by Crippen LogP contribution is 2.39. The van der Waals surface area contributed by atoms with Crippen molar-refractivity contribution in [3.8, 4) is 22.3 Å². The van der Waals surface area contributed by atoms with Crippen molar-refractivity contribution < 1.29 is 28.7 Å². The smallest absolute Gasteiger partial charge is 0.407 e. The van der Waals surface area contributed by atoms with E-state index in [0.717, 1.165) is 68.8 Å². The molecule has 6 atom stereocenters. The zero-order valence-corrected chi connectivity index (χ0v) is 34.7. The van der Waals surface area contributed by atoms with Gasteiger partial charge in [0.2, 0.25) is 11.8 Å². The summed E-state index contributed by atoms with van der Waals surface area (Å²) in [6.07, 6.45) is 0.998. The lowest BCUT2D eigenvalue weighted by Gasteiger charge is -2.30. The number of carbonyl (C=O) groups excluding carboxylic acids is 4. The van der Waals surface area contributed by atoms with Crippen LogP contribution in [-0.2, 0) is 23.9 Å². The fourth-order valence-corrected chi connectivity index (χ4v) is 8.65. The molecule has 0 unspecified atom stereocenters. The second-order valence-electron chi connectivity index (χ2n) is 17.0. The Morgan fingerprint density at radius 1 is 0.690 bits per heavy atom. The normalized spacial score (nSPS) is 20.6. The van der Waals surface area contributed by atoms with Crippen molar-refractivity contribution in [1.82, 2.24) is 35.1 Å². The number of alkyl carbamates (subject to hydrolysis) is 1. The standard InChI is InChI=1S/C45H55N7O6/c1-24(2)32(21-39(53)57-7)43(54)51-22-26(5)17-37(51)41-46-33-15-13-30(19-35(33)48-41)28-9-11-29(12-10-28)31-14-16-34-36(20-31)49-42(47-34)38-18-27(6)23-52(38)44(55)40(25(3)4)50-45(56)58-8/h9-16,19-20,24-27,32,37-38,40H,17-18,21-23H2,1-8H3,(H,46,48)(H,47,49)(H,50,56)/t26-,27-,32+,37+,38+,40+/m1/s1. The Morgan fingerprint density at radius 2 is 1.16 bits per heavy atom. The number of methoxy groups -OCH3 is 2. The lowest BCUT2D eigenvalue weighted by Crippen LogP contribution is -2.51. The van der Waals surface area contributed by atoms with E-state index < -0.39 is 18.1 Å². The van der Waals surface area contributed by atoms with Gasteiger partial charge in [0.15, 0.2) is 0 Å². The van der Waals surface area contributed by atoms with E-state index in [9.17, 15) is 19.2 Å². The van der Waals surface area contributed by atoms with Crippen molar-refractivity contribution in [3.05, 3.63) is 72.3 Å². The zero-order valence-electron chi connectivity index (χ0n) is 34.7.